The Bertz CT molecular complexity index is 591. The average Bonchev–Trinajstić information content (AvgIpc) is 2.80. The maximum absolute atomic E-state index is 11.9. The maximum Gasteiger partial charge on any atom is 0.244 e. The Hall–Kier alpha value is -1.79. The van der Waals surface area contributed by atoms with Crippen molar-refractivity contribution in [1.29, 1.82) is 0 Å². The standard InChI is InChI=1S/C11H12N2O3S/c14-10-3-1-2-4-11(10)17(15,16)13-8-9-5-6-12-7-9/h1-7,12-14H,8H2. The van der Waals surface area contributed by atoms with E-state index in [1.54, 1.807) is 30.6 Å². The zero-order valence-corrected chi connectivity index (χ0v) is 9.74. The topological polar surface area (TPSA) is 82.2 Å². The number of rotatable bonds is 4. The number of hydrogen-bond donors (Lipinski definition) is 3. The molecule has 0 aliphatic rings. The third-order valence-electron chi connectivity index (χ3n) is 2.28. The van der Waals surface area contributed by atoms with Crippen LogP contribution in [0, 0.1) is 0 Å². The molecule has 0 saturated carbocycles. The summed E-state index contributed by atoms with van der Waals surface area (Å²) in [4.78, 5) is 2.72. The molecule has 1 heterocycles. The van der Waals surface area contributed by atoms with Crippen LogP contribution in [-0.2, 0) is 16.6 Å². The molecule has 1 aromatic heterocycles. The second-order valence-electron chi connectivity index (χ2n) is 3.51. The Morgan fingerprint density at radius 2 is 2.00 bits per heavy atom. The van der Waals surface area contributed by atoms with Crippen molar-refractivity contribution in [1.82, 2.24) is 9.71 Å². The average molecular weight is 252 g/mol. The lowest BCUT2D eigenvalue weighted by Gasteiger charge is -2.07. The van der Waals surface area contributed by atoms with Crippen molar-refractivity contribution >= 4 is 10.0 Å². The lowest BCUT2D eigenvalue weighted by molar-refractivity contribution is 0.458. The van der Waals surface area contributed by atoms with Crippen LogP contribution in [0.1, 0.15) is 5.56 Å². The van der Waals surface area contributed by atoms with Crippen LogP contribution in [0.5, 0.6) is 5.75 Å². The van der Waals surface area contributed by atoms with E-state index in [1.165, 1.54) is 12.1 Å². The highest BCUT2D eigenvalue weighted by atomic mass is 32.2. The van der Waals surface area contributed by atoms with Crippen LogP contribution in [-0.4, -0.2) is 18.5 Å². The van der Waals surface area contributed by atoms with Crippen molar-refractivity contribution in [3.8, 4) is 5.75 Å². The second kappa shape index (κ2) is 4.60. The maximum atomic E-state index is 11.9. The van der Waals surface area contributed by atoms with Crippen LogP contribution in [0.2, 0.25) is 0 Å². The molecule has 0 aliphatic heterocycles. The molecule has 0 spiro atoms. The van der Waals surface area contributed by atoms with Gasteiger partial charge in [0.25, 0.3) is 0 Å². The molecule has 5 nitrogen and oxygen atoms in total. The van der Waals surface area contributed by atoms with Crippen molar-refractivity contribution in [2.75, 3.05) is 0 Å². The molecule has 0 amide bonds. The number of para-hydroxylation sites is 1. The van der Waals surface area contributed by atoms with E-state index >= 15 is 0 Å². The van der Waals surface area contributed by atoms with Gasteiger partial charge in [0.1, 0.15) is 10.6 Å². The van der Waals surface area contributed by atoms with E-state index in [0.717, 1.165) is 5.56 Å². The number of hydrogen-bond acceptors (Lipinski definition) is 3. The Morgan fingerprint density at radius 1 is 1.24 bits per heavy atom. The Balaban J connectivity index is 2.17. The molecule has 0 aliphatic carbocycles. The van der Waals surface area contributed by atoms with Crippen molar-refractivity contribution in [2.24, 2.45) is 0 Å². The summed E-state index contributed by atoms with van der Waals surface area (Å²) >= 11 is 0. The normalized spacial score (nSPS) is 11.5. The summed E-state index contributed by atoms with van der Waals surface area (Å²) in [5.74, 6) is -0.255. The summed E-state index contributed by atoms with van der Waals surface area (Å²) in [5, 5.41) is 9.48. The first-order chi connectivity index (χ1) is 8.09. The van der Waals surface area contributed by atoms with Gasteiger partial charge in [-0.2, -0.15) is 0 Å². The number of aromatic hydroxyl groups is 1. The highest BCUT2D eigenvalue weighted by molar-refractivity contribution is 7.89. The molecule has 0 atom stereocenters. The van der Waals surface area contributed by atoms with Crippen LogP contribution in [0.25, 0.3) is 0 Å². The minimum absolute atomic E-state index is 0.115. The second-order valence-corrected chi connectivity index (χ2v) is 5.25. The van der Waals surface area contributed by atoms with Crippen LogP contribution >= 0.6 is 0 Å². The van der Waals surface area contributed by atoms with E-state index in [0.29, 0.717) is 0 Å². The van der Waals surface area contributed by atoms with E-state index in [1.807, 2.05) is 0 Å². The van der Waals surface area contributed by atoms with Gasteiger partial charge in [0.05, 0.1) is 0 Å². The summed E-state index contributed by atoms with van der Waals surface area (Å²) in [6.07, 6.45) is 3.41. The minimum Gasteiger partial charge on any atom is -0.507 e. The minimum atomic E-state index is -3.68. The lowest BCUT2D eigenvalue weighted by Crippen LogP contribution is -2.23. The van der Waals surface area contributed by atoms with E-state index in [4.69, 9.17) is 0 Å². The lowest BCUT2D eigenvalue weighted by atomic mass is 10.3. The Kier molecular flexibility index (Phi) is 3.16. The van der Waals surface area contributed by atoms with Gasteiger partial charge in [0, 0.05) is 18.9 Å². The molecule has 2 aromatic rings. The number of nitrogens with one attached hydrogen (secondary N) is 2. The van der Waals surface area contributed by atoms with Gasteiger partial charge in [-0.25, -0.2) is 13.1 Å². The number of phenols is 1. The molecular formula is C11H12N2O3S. The molecular weight excluding hydrogens is 240 g/mol. The summed E-state index contributed by atoms with van der Waals surface area (Å²) in [7, 11) is -3.68. The van der Waals surface area contributed by atoms with E-state index in [9.17, 15) is 13.5 Å². The molecule has 0 fully saturated rings. The first kappa shape index (κ1) is 11.7. The van der Waals surface area contributed by atoms with Gasteiger partial charge in [-0.05, 0) is 23.8 Å². The first-order valence-electron chi connectivity index (χ1n) is 4.99. The Labute approximate surface area is 99.2 Å². The summed E-state index contributed by atoms with van der Waals surface area (Å²) in [5.41, 5.74) is 0.823. The quantitative estimate of drug-likeness (QED) is 0.764. The van der Waals surface area contributed by atoms with Crippen LogP contribution in [0.15, 0.2) is 47.6 Å². The molecule has 0 unspecified atom stereocenters. The fourth-order valence-electron chi connectivity index (χ4n) is 1.41. The monoisotopic (exact) mass is 252 g/mol. The van der Waals surface area contributed by atoms with Crippen molar-refractivity contribution in [3.63, 3.8) is 0 Å². The van der Waals surface area contributed by atoms with Gasteiger partial charge in [-0.1, -0.05) is 12.1 Å². The van der Waals surface area contributed by atoms with Gasteiger partial charge < -0.3 is 10.1 Å². The summed E-state index contributed by atoms with van der Waals surface area (Å²) < 4.78 is 26.1. The van der Waals surface area contributed by atoms with E-state index < -0.39 is 10.0 Å². The molecule has 0 saturated heterocycles. The first-order valence-corrected chi connectivity index (χ1v) is 6.47. The van der Waals surface area contributed by atoms with Crippen LogP contribution in [0.4, 0.5) is 0 Å². The van der Waals surface area contributed by atoms with E-state index in [2.05, 4.69) is 9.71 Å². The smallest absolute Gasteiger partial charge is 0.244 e. The molecule has 0 radical (unpaired) electrons. The number of sulfonamides is 1. The number of H-pyrrole nitrogens is 1. The van der Waals surface area contributed by atoms with Gasteiger partial charge in [-0.3, -0.25) is 0 Å². The third-order valence-corrected chi connectivity index (χ3v) is 3.73. The molecule has 90 valence electrons. The molecule has 1 aromatic carbocycles. The predicted octanol–water partition coefficient (Wildman–Crippen LogP) is 1.20. The fourth-order valence-corrected chi connectivity index (χ4v) is 2.52. The van der Waals surface area contributed by atoms with E-state index in [-0.39, 0.29) is 17.2 Å². The number of phenolic OH excluding ortho intramolecular Hbond substituents is 1. The molecule has 17 heavy (non-hydrogen) atoms. The zero-order valence-electron chi connectivity index (χ0n) is 8.92. The van der Waals surface area contributed by atoms with Crippen LogP contribution in [0.3, 0.4) is 0 Å². The SMILES string of the molecule is O=S(=O)(NCc1cc[nH]c1)c1ccccc1O. The molecule has 2 rings (SSSR count). The molecule has 3 N–H and O–H groups in total. The zero-order chi connectivity index (χ0) is 12.3. The van der Waals surface area contributed by atoms with Crippen LogP contribution < -0.4 is 4.72 Å². The van der Waals surface area contributed by atoms with Gasteiger partial charge >= 0.3 is 0 Å². The summed E-state index contributed by atoms with van der Waals surface area (Å²) in [6, 6.07) is 7.60. The summed E-state index contributed by atoms with van der Waals surface area (Å²) in [6.45, 7) is 0.181. The molecule has 0 bridgehead atoms. The molecule has 6 heteroatoms. The highest BCUT2D eigenvalue weighted by Gasteiger charge is 2.17. The van der Waals surface area contributed by atoms with Gasteiger partial charge in [0.2, 0.25) is 10.0 Å². The van der Waals surface area contributed by atoms with Gasteiger partial charge in [0.15, 0.2) is 0 Å². The van der Waals surface area contributed by atoms with Gasteiger partial charge in [-0.15, -0.1) is 0 Å². The Morgan fingerprint density at radius 3 is 2.65 bits per heavy atom. The predicted molar refractivity (Wildman–Crippen MR) is 62.9 cm³/mol. The third kappa shape index (κ3) is 2.66. The number of benzene rings is 1. The van der Waals surface area contributed by atoms with Crippen molar-refractivity contribution in [3.05, 3.63) is 48.3 Å². The van der Waals surface area contributed by atoms with Crippen molar-refractivity contribution in [2.45, 2.75) is 11.4 Å². The fraction of sp³-hybridized carbons (Fsp3) is 0.0909. The van der Waals surface area contributed by atoms with Crippen molar-refractivity contribution < 1.29 is 13.5 Å². The number of aromatic amines is 1. The largest absolute Gasteiger partial charge is 0.507 e. The highest BCUT2D eigenvalue weighted by Crippen LogP contribution is 2.21. The number of aromatic nitrogens is 1.